The van der Waals surface area contributed by atoms with Gasteiger partial charge in [0.1, 0.15) is 17.1 Å². The maximum absolute atomic E-state index is 12.1. The molecule has 0 aliphatic heterocycles. The van der Waals surface area contributed by atoms with Crippen LogP contribution in [0.5, 0.6) is 0 Å². The molecule has 7 nitrogen and oxygen atoms in total. The van der Waals surface area contributed by atoms with Crippen molar-refractivity contribution in [1.82, 2.24) is 5.32 Å². The average Bonchev–Trinajstić information content (AvgIpc) is 2.86. The van der Waals surface area contributed by atoms with Gasteiger partial charge in [0.15, 0.2) is 6.61 Å². The van der Waals surface area contributed by atoms with Gasteiger partial charge in [-0.1, -0.05) is 18.2 Å². The lowest BCUT2D eigenvalue weighted by Gasteiger charge is -2.12. The number of ether oxygens (including phenoxy) is 1. The van der Waals surface area contributed by atoms with Crippen LogP contribution >= 0.6 is 0 Å². The second kappa shape index (κ2) is 8.53. The Labute approximate surface area is 158 Å². The summed E-state index contributed by atoms with van der Waals surface area (Å²) in [5.41, 5.74) is 3.61. The summed E-state index contributed by atoms with van der Waals surface area (Å²) in [5, 5.41) is 5.20. The van der Waals surface area contributed by atoms with Crippen molar-refractivity contribution in [1.29, 1.82) is 0 Å². The average molecular weight is 372 g/mol. The van der Waals surface area contributed by atoms with E-state index in [1.165, 1.54) is 0 Å². The molecule has 0 spiro atoms. The van der Waals surface area contributed by atoms with E-state index in [0.29, 0.717) is 22.6 Å². The molecule has 7 heteroatoms. The molecule has 1 aromatic heterocycles. The number of nitrogens with one attached hydrogen (secondary N) is 2. The molecule has 1 heterocycles. The molecule has 1 aromatic carbocycles. The standard InChI is InChI=1S/C20H24N2O5/c1-11-7-6-8-12(2)19(11)22-16(23)9-21-17(24)10-26-20(25)18-13(3)14(4)27-15(18)5/h6-8H,9-10H2,1-5H3,(H,21,24)(H,22,23). The third-order valence-electron chi connectivity index (χ3n) is 4.29. The first-order valence-electron chi connectivity index (χ1n) is 8.57. The maximum Gasteiger partial charge on any atom is 0.342 e. The molecule has 2 aromatic rings. The van der Waals surface area contributed by atoms with E-state index in [-0.39, 0.29) is 12.5 Å². The van der Waals surface area contributed by atoms with Crippen molar-refractivity contribution in [2.75, 3.05) is 18.5 Å². The van der Waals surface area contributed by atoms with Crippen molar-refractivity contribution >= 4 is 23.5 Å². The Morgan fingerprint density at radius 2 is 1.59 bits per heavy atom. The number of amides is 2. The van der Waals surface area contributed by atoms with E-state index >= 15 is 0 Å². The minimum absolute atomic E-state index is 0.215. The Balaban J connectivity index is 1.82. The van der Waals surface area contributed by atoms with Crippen molar-refractivity contribution in [2.24, 2.45) is 0 Å². The van der Waals surface area contributed by atoms with E-state index in [9.17, 15) is 14.4 Å². The number of aryl methyl sites for hydroxylation is 4. The third-order valence-corrected chi connectivity index (χ3v) is 4.29. The minimum atomic E-state index is -0.628. The number of esters is 1. The largest absolute Gasteiger partial charge is 0.465 e. The first-order valence-corrected chi connectivity index (χ1v) is 8.57. The Morgan fingerprint density at radius 3 is 2.15 bits per heavy atom. The van der Waals surface area contributed by atoms with Gasteiger partial charge in [0.25, 0.3) is 5.91 Å². The van der Waals surface area contributed by atoms with Gasteiger partial charge in [-0.2, -0.15) is 0 Å². The predicted molar refractivity (Wildman–Crippen MR) is 101 cm³/mol. The van der Waals surface area contributed by atoms with Crippen LogP contribution in [0.4, 0.5) is 5.69 Å². The Bertz CT molecular complexity index is 862. The van der Waals surface area contributed by atoms with Crippen molar-refractivity contribution in [2.45, 2.75) is 34.6 Å². The highest BCUT2D eigenvalue weighted by molar-refractivity contribution is 5.97. The molecular weight excluding hydrogens is 348 g/mol. The summed E-state index contributed by atoms with van der Waals surface area (Å²) in [6, 6.07) is 5.69. The highest BCUT2D eigenvalue weighted by atomic mass is 16.5. The SMILES string of the molecule is Cc1cccc(C)c1NC(=O)CNC(=O)COC(=O)c1c(C)oc(C)c1C. The molecule has 0 aliphatic rings. The quantitative estimate of drug-likeness (QED) is 0.760. The zero-order chi connectivity index (χ0) is 20.1. The first-order chi connectivity index (χ1) is 12.7. The van der Waals surface area contributed by atoms with Crippen molar-refractivity contribution < 1.29 is 23.5 Å². The summed E-state index contributed by atoms with van der Waals surface area (Å²) in [6.07, 6.45) is 0. The minimum Gasteiger partial charge on any atom is -0.465 e. The van der Waals surface area contributed by atoms with Crippen LogP contribution in [0.25, 0.3) is 0 Å². The molecular formula is C20H24N2O5. The zero-order valence-corrected chi connectivity index (χ0v) is 16.2. The van der Waals surface area contributed by atoms with E-state index in [1.807, 2.05) is 32.0 Å². The van der Waals surface area contributed by atoms with Crippen LogP contribution in [-0.2, 0) is 14.3 Å². The van der Waals surface area contributed by atoms with Crippen LogP contribution in [0.1, 0.15) is 38.6 Å². The van der Waals surface area contributed by atoms with Crippen molar-refractivity contribution in [3.05, 3.63) is 52.0 Å². The number of furan rings is 1. The number of hydrogen-bond donors (Lipinski definition) is 2. The molecule has 0 saturated heterocycles. The highest BCUT2D eigenvalue weighted by Gasteiger charge is 2.20. The molecule has 144 valence electrons. The Hall–Kier alpha value is -3.09. The summed E-state index contributed by atoms with van der Waals surface area (Å²) in [7, 11) is 0. The van der Waals surface area contributed by atoms with E-state index in [2.05, 4.69) is 10.6 Å². The number of rotatable bonds is 6. The van der Waals surface area contributed by atoms with Gasteiger partial charge in [0.2, 0.25) is 5.91 Å². The summed E-state index contributed by atoms with van der Waals surface area (Å²) < 4.78 is 10.4. The van der Waals surface area contributed by atoms with Gasteiger partial charge in [-0.25, -0.2) is 4.79 Å². The fourth-order valence-corrected chi connectivity index (χ4v) is 2.72. The molecule has 0 radical (unpaired) electrons. The van der Waals surface area contributed by atoms with Gasteiger partial charge in [0.05, 0.1) is 6.54 Å². The third kappa shape index (κ3) is 4.97. The predicted octanol–water partition coefficient (Wildman–Crippen LogP) is 2.73. The maximum atomic E-state index is 12.1. The highest BCUT2D eigenvalue weighted by Crippen LogP contribution is 2.21. The van der Waals surface area contributed by atoms with E-state index in [1.54, 1.807) is 20.8 Å². The molecule has 0 atom stereocenters. The molecule has 0 saturated carbocycles. The normalized spacial score (nSPS) is 10.4. The van der Waals surface area contributed by atoms with Crippen LogP contribution in [0.15, 0.2) is 22.6 Å². The van der Waals surface area contributed by atoms with Crippen molar-refractivity contribution in [3.8, 4) is 0 Å². The lowest BCUT2D eigenvalue weighted by Crippen LogP contribution is -2.35. The summed E-state index contributed by atoms with van der Waals surface area (Å²) in [5.74, 6) is -0.466. The second-order valence-corrected chi connectivity index (χ2v) is 6.38. The molecule has 2 amide bonds. The van der Waals surface area contributed by atoms with Crippen LogP contribution in [0, 0.1) is 34.6 Å². The van der Waals surface area contributed by atoms with Gasteiger partial charge in [-0.15, -0.1) is 0 Å². The number of carbonyl (C=O) groups is 3. The molecule has 2 rings (SSSR count). The molecule has 27 heavy (non-hydrogen) atoms. The van der Waals surface area contributed by atoms with Gasteiger partial charge in [-0.3, -0.25) is 9.59 Å². The van der Waals surface area contributed by atoms with Crippen LogP contribution in [0.3, 0.4) is 0 Å². The number of para-hydroxylation sites is 1. The van der Waals surface area contributed by atoms with Crippen molar-refractivity contribution in [3.63, 3.8) is 0 Å². The number of hydrogen-bond acceptors (Lipinski definition) is 5. The van der Waals surface area contributed by atoms with Gasteiger partial charge in [-0.05, 0) is 45.7 Å². The first kappa shape index (κ1) is 20.2. The number of anilines is 1. The molecule has 2 N–H and O–H groups in total. The molecule has 0 aliphatic carbocycles. The fourth-order valence-electron chi connectivity index (χ4n) is 2.72. The Kier molecular flexibility index (Phi) is 6.39. The van der Waals surface area contributed by atoms with Crippen LogP contribution < -0.4 is 10.6 Å². The van der Waals surface area contributed by atoms with E-state index in [0.717, 1.165) is 16.8 Å². The van der Waals surface area contributed by atoms with Crippen LogP contribution in [-0.4, -0.2) is 30.9 Å². The smallest absolute Gasteiger partial charge is 0.342 e. The fraction of sp³-hybridized carbons (Fsp3) is 0.350. The zero-order valence-electron chi connectivity index (χ0n) is 16.2. The topological polar surface area (TPSA) is 97.6 Å². The lowest BCUT2D eigenvalue weighted by atomic mass is 10.1. The van der Waals surface area contributed by atoms with Crippen LogP contribution in [0.2, 0.25) is 0 Å². The summed E-state index contributed by atoms with van der Waals surface area (Å²) in [6.45, 7) is 8.26. The van der Waals surface area contributed by atoms with E-state index < -0.39 is 18.5 Å². The summed E-state index contributed by atoms with van der Waals surface area (Å²) in [4.78, 5) is 36.0. The number of benzene rings is 1. The monoisotopic (exact) mass is 372 g/mol. The Morgan fingerprint density at radius 1 is 0.963 bits per heavy atom. The van der Waals surface area contributed by atoms with E-state index in [4.69, 9.17) is 9.15 Å². The number of carbonyl (C=O) groups excluding carboxylic acids is 3. The van der Waals surface area contributed by atoms with Gasteiger partial charge >= 0.3 is 5.97 Å². The second-order valence-electron chi connectivity index (χ2n) is 6.38. The van der Waals surface area contributed by atoms with Gasteiger partial charge < -0.3 is 19.8 Å². The molecule has 0 unspecified atom stereocenters. The van der Waals surface area contributed by atoms with Gasteiger partial charge in [0, 0.05) is 11.3 Å². The lowest BCUT2D eigenvalue weighted by molar-refractivity contribution is -0.126. The molecule has 0 fully saturated rings. The summed E-state index contributed by atoms with van der Waals surface area (Å²) >= 11 is 0. The molecule has 0 bridgehead atoms.